The van der Waals surface area contributed by atoms with Gasteiger partial charge in [0.15, 0.2) is 0 Å². The predicted octanol–water partition coefficient (Wildman–Crippen LogP) is 3.05. The van der Waals surface area contributed by atoms with E-state index in [2.05, 4.69) is 21.2 Å². The van der Waals surface area contributed by atoms with Gasteiger partial charge < -0.3 is 10.4 Å². The molecule has 0 radical (unpaired) electrons. The van der Waals surface area contributed by atoms with E-state index in [1.807, 2.05) is 24.3 Å². The molecule has 110 valence electrons. The summed E-state index contributed by atoms with van der Waals surface area (Å²) >= 11 is 3.40. The Morgan fingerprint density at radius 1 is 1.30 bits per heavy atom. The van der Waals surface area contributed by atoms with Crippen LogP contribution >= 0.6 is 15.9 Å². The van der Waals surface area contributed by atoms with E-state index in [1.54, 1.807) is 0 Å². The lowest BCUT2D eigenvalue weighted by Crippen LogP contribution is -2.33. The van der Waals surface area contributed by atoms with Crippen LogP contribution in [0.15, 0.2) is 28.7 Å². The third kappa shape index (κ3) is 5.25. The fourth-order valence-corrected chi connectivity index (χ4v) is 2.97. The van der Waals surface area contributed by atoms with Crippen LogP contribution in [0.5, 0.6) is 0 Å². The van der Waals surface area contributed by atoms with Gasteiger partial charge >= 0.3 is 0 Å². The minimum absolute atomic E-state index is 0.105. The van der Waals surface area contributed by atoms with Gasteiger partial charge in [0.2, 0.25) is 5.91 Å². The zero-order valence-electron chi connectivity index (χ0n) is 11.6. The first-order valence-corrected chi connectivity index (χ1v) is 8.12. The van der Waals surface area contributed by atoms with E-state index in [-0.39, 0.29) is 12.0 Å². The van der Waals surface area contributed by atoms with Gasteiger partial charge in [0.25, 0.3) is 0 Å². The monoisotopic (exact) mass is 339 g/mol. The summed E-state index contributed by atoms with van der Waals surface area (Å²) in [7, 11) is 0. The first-order chi connectivity index (χ1) is 9.63. The van der Waals surface area contributed by atoms with Crippen molar-refractivity contribution in [3.05, 3.63) is 34.3 Å². The molecule has 2 N–H and O–H groups in total. The number of nitrogens with one attached hydrogen (secondary N) is 1. The number of carbonyl (C=O) groups excluding carboxylic acids is 1. The number of benzene rings is 1. The first kappa shape index (κ1) is 15.5. The molecular formula is C16H22BrNO2. The summed E-state index contributed by atoms with van der Waals surface area (Å²) in [6, 6.07) is 8.07. The number of aryl methyl sites for hydroxylation is 1. The lowest BCUT2D eigenvalue weighted by atomic mass is 9.87. The number of aliphatic hydroxyl groups excluding tert-OH is 1. The third-order valence-electron chi connectivity index (χ3n) is 3.90. The lowest BCUT2D eigenvalue weighted by Gasteiger charge is -2.25. The highest BCUT2D eigenvalue weighted by Crippen LogP contribution is 2.23. The summed E-state index contributed by atoms with van der Waals surface area (Å²) < 4.78 is 1.06. The largest absolute Gasteiger partial charge is 0.393 e. The van der Waals surface area contributed by atoms with E-state index in [4.69, 9.17) is 0 Å². The fraction of sp³-hybridized carbons (Fsp3) is 0.562. The molecule has 2 rings (SSSR count). The summed E-state index contributed by atoms with van der Waals surface area (Å²) in [5.74, 6) is 0.545. The average Bonchev–Trinajstić information content (AvgIpc) is 2.45. The molecule has 4 heteroatoms. The first-order valence-electron chi connectivity index (χ1n) is 7.32. The summed E-state index contributed by atoms with van der Waals surface area (Å²) in [4.78, 5) is 11.8. The molecular weight excluding hydrogens is 318 g/mol. The van der Waals surface area contributed by atoms with Crippen molar-refractivity contribution >= 4 is 21.8 Å². The van der Waals surface area contributed by atoms with Crippen LogP contribution in [-0.2, 0) is 11.2 Å². The Morgan fingerprint density at radius 2 is 2.05 bits per heavy atom. The molecule has 0 aliphatic heterocycles. The zero-order valence-corrected chi connectivity index (χ0v) is 13.2. The van der Waals surface area contributed by atoms with E-state index < -0.39 is 0 Å². The Labute approximate surface area is 128 Å². The van der Waals surface area contributed by atoms with Crippen molar-refractivity contribution in [2.24, 2.45) is 5.92 Å². The maximum atomic E-state index is 11.8. The Hall–Kier alpha value is -0.870. The second-order valence-electron chi connectivity index (χ2n) is 5.62. The van der Waals surface area contributed by atoms with E-state index in [0.29, 0.717) is 18.9 Å². The van der Waals surface area contributed by atoms with Crippen molar-refractivity contribution in [3.8, 4) is 0 Å². The maximum absolute atomic E-state index is 11.8. The minimum atomic E-state index is -0.173. The molecule has 2 atom stereocenters. The Morgan fingerprint density at radius 3 is 2.75 bits per heavy atom. The van der Waals surface area contributed by atoms with Gasteiger partial charge in [0.1, 0.15) is 0 Å². The lowest BCUT2D eigenvalue weighted by molar-refractivity contribution is -0.121. The quantitative estimate of drug-likeness (QED) is 0.866. The number of hydrogen-bond donors (Lipinski definition) is 2. The molecule has 0 bridgehead atoms. The number of carbonyl (C=O) groups is 1. The predicted molar refractivity (Wildman–Crippen MR) is 83.4 cm³/mol. The van der Waals surface area contributed by atoms with E-state index in [0.717, 1.165) is 36.6 Å². The summed E-state index contributed by atoms with van der Waals surface area (Å²) in [5, 5.41) is 12.6. The van der Waals surface area contributed by atoms with Crippen molar-refractivity contribution < 1.29 is 9.90 Å². The third-order valence-corrected chi connectivity index (χ3v) is 4.43. The number of halogens is 1. The van der Waals surface area contributed by atoms with Gasteiger partial charge in [0.05, 0.1) is 6.10 Å². The normalized spacial score (nSPS) is 22.5. The van der Waals surface area contributed by atoms with Crippen LogP contribution in [0.4, 0.5) is 0 Å². The molecule has 0 spiro atoms. The standard InChI is InChI=1S/C16H22BrNO2/c17-14-7-4-12(5-8-14)6-9-16(20)18-11-13-2-1-3-15(19)10-13/h4-5,7-8,13,15,19H,1-3,6,9-11H2,(H,18,20)/t13-,15-/m0/s1. The van der Waals surface area contributed by atoms with Gasteiger partial charge in [0, 0.05) is 17.4 Å². The fourth-order valence-electron chi connectivity index (χ4n) is 2.70. The van der Waals surface area contributed by atoms with Crippen LogP contribution in [0.3, 0.4) is 0 Å². The molecule has 3 nitrogen and oxygen atoms in total. The molecule has 1 aliphatic carbocycles. The number of aliphatic hydroxyl groups is 1. The van der Waals surface area contributed by atoms with Gasteiger partial charge in [-0.2, -0.15) is 0 Å². The number of amides is 1. The Balaban J connectivity index is 1.66. The van der Waals surface area contributed by atoms with Crippen LogP contribution in [0, 0.1) is 5.92 Å². The van der Waals surface area contributed by atoms with Crippen LogP contribution in [0.2, 0.25) is 0 Å². The zero-order chi connectivity index (χ0) is 14.4. The Kier molecular flexibility index (Phi) is 6.05. The summed E-state index contributed by atoms with van der Waals surface area (Å²) in [5.41, 5.74) is 1.18. The average molecular weight is 340 g/mol. The van der Waals surface area contributed by atoms with E-state index in [9.17, 15) is 9.90 Å². The van der Waals surface area contributed by atoms with Gasteiger partial charge in [-0.05, 0) is 49.3 Å². The highest BCUT2D eigenvalue weighted by Gasteiger charge is 2.20. The summed E-state index contributed by atoms with van der Waals surface area (Å²) in [6.07, 6.45) is 5.04. The van der Waals surface area contributed by atoms with Gasteiger partial charge in [-0.25, -0.2) is 0 Å². The molecule has 0 heterocycles. The molecule has 1 aromatic carbocycles. The van der Waals surface area contributed by atoms with Crippen molar-refractivity contribution in [2.45, 2.75) is 44.6 Å². The molecule has 0 aromatic heterocycles. The molecule has 1 saturated carbocycles. The smallest absolute Gasteiger partial charge is 0.220 e. The number of rotatable bonds is 5. The van der Waals surface area contributed by atoms with Crippen molar-refractivity contribution in [1.29, 1.82) is 0 Å². The topological polar surface area (TPSA) is 49.3 Å². The van der Waals surface area contributed by atoms with Gasteiger partial charge in [-0.3, -0.25) is 4.79 Å². The SMILES string of the molecule is O=C(CCc1ccc(Br)cc1)NC[C@H]1CCC[C@H](O)C1. The highest BCUT2D eigenvalue weighted by molar-refractivity contribution is 9.10. The van der Waals surface area contributed by atoms with Crippen LogP contribution in [0.1, 0.15) is 37.7 Å². The Bertz CT molecular complexity index is 433. The van der Waals surface area contributed by atoms with Gasteiger partial charge in [-0.15, -0.1) is 0 Å². The van der Waals surface area contributed by atoms with Crippen LogP contribution in [0.25, 0.3) is 0 Å². The van der Waals surface area contributed by atoms with E-state index in [1.165, 1.54) is 5.56 Å². The molecule has 0 unspecified atom stereocenters. The maximum Gasteiger partial charge on any atom is 0.220 e. The minimum Gasteiger partial charge on any atom is -0.393 e. The van der Waals surface area contributed by atoms with Crippen molar-refractivity contribution in [3.63, 3.8) is 0 Å². The number of hydrogen-bond acceptors (Lipinski definition) is 2. The van der Waals surface area contributed by atoms with E-state index >= 15 is 0 Å². The second-order valence-corrected chi connectivity index (χ2v) is 6.53. The summed E-state index contributed by atoms with van der Waals surface area (Å²) in [6.45, 7) is 0.705. The van der Waals surface area contributed by atoms with Crippen LogP contribution in [-0.4, -0.2) is 23.7 Å². The van der Waals surface area contributed by atoms with Crippen LogP contribution < -0.4 is 5.32 Å². The van der Waals surface area contributed by atoms with Gasteiger partial charge in [-0.1, -0.05) is 34.5 Å². The highest BCUT2D eigenvalue weighted by atomic mass is 79.9. The second kappa shape index (κ2) is 7.79. The molecule has 1 aliphatic rings. The molecule has 1 aromatic rings. The van der Waals surface area contributed by atoms with Crippen molar-refractivity contribution in [1.82, 2.24) is 5.32 Å². The molecule has 0 saturated heterocycles. The van der Waals surface area contributed by atoms with Crippen molar-refractivity contribution in [2.75, 3.05) is 6.54 Å². The molecule has 1 amide bonds. The molecule has 1 fully saturated rings. The molecule has 20 heavy (non-hydrogen) atoms.